The summed E-state index contributed by atoms with van der Waals surface area (Å²) in [6.07, 6.45) is 5.29. The molecule has 0 unspecified atom stereocenters. The number of aromatic amines is 1. The van der Waals surface area contributed by atoms with Gasteiger partial charge in [-0.05, 0) is 30.5 Å². The molecule has 0 fully saturated rings. The second-order valence-corrected chi connectivity index (χ2v) is 6.82. The van der Waals surface area contributed by atoms with Crippen LogP contribution in [0.25, 0.3) is 0 Å². The Hall–Kier alpha value is -3.75. The molecule has 0 atom stereocenters. The summed E-state index contributed by atoms with van der Waals surface area (Å²) in [5.41, 5.74) is 1.01. The third kappa shape index (κ3) is 4.62. The van der Waals surface area contributed by atoms with Crippen LogP contribution < -0.4 is 16.2 Å². The molecule has 0 saturated heterocycles. The monoisotopic (exact) mass is 411 g/mol. The Bertz CT molecular complexity index is 1120. The maximum Gasteiger partial charge on any atom is 0.263 e. The van der Waals surface area contributed by atoms with Gasteiger partial charge < -0.3 is 15.2 Å². The van der Waals surface area contributed by atoms with Crippen LogP contribution in [0.4, 0.5) is 4.39 Å². The van der Waals surface area contributed by atoms with E-state index in [0.717, 1.165) is 5.56 Å². The number of H-pyrrole nitrogens is 1. The molecule has 0 aliphatic rings. The smallest absolute Gasteiger partial charge is 0.263 e. The quantitative estimate of drug-likeness (QED) is 0.546. The summed E-state index contributed by atoms with van der Waals surface area (Å²) in [5, 5.41) is 11.7. The van der Waals surface area contributed by atoms with E-state index in [2.05, 4.69) is 20.8 Å². The van der Waals surface area contributed by atoms with Gasteiger partial charge in [-0.1, -0.05) is 18.2 Å². The van der Waals surface area contributed by atoms with Gasteiger partial charge in [0.15, 0.2) is 0 Å². The maximum atomic E-state index is 14.4. The standard InChI is InChI=1S/C21H22FN5O3/c1-13-4-3-5-15(18(13)22)11-27-12-16(8-17(21(27)30)20(29)23-2)19(28)24-7-6-14-9-25-26-10-14/h3-5,8-10,12H,6-7,11H2,1-2H3,(H,23,29)(H,24,28)(H,25,26). The predicted octanol–water partition coefficient (Wildman–Crippen LogP) is 1.40. The fraction of sp³-hybridized carbons (Fsp3) is 0.238. The van der Waals surface area contributed by atoms with Crippen LogP contribution in [0.5, 0.6) is 0 Å². The van der Waals surface area contributed by atoms with Crippen molar-refractivity contribution in [3.63, 3.8) is 0 Å². The molecule has 3 N–H and O–H groups in total. The number of hydrogen-bond donors (Lipinski definition) is 3. The van der Waals surface area contributed by atoms with Crippen LogP contribution in [-0.4, -0.2) is 40.2 Å². The number of carbonyl (C=O) groups excluding carboxylic acids is 2. The first-order valence-electron chi connectivity index (χ1n) is 9.37. The summed E-state index contributed by atoms with van der Waals surface area (Å²) in [6.45, 7) is 1.87. The molecule has 156 valence electrons. The van der Waals surface area contributed by atoms with E-state index in [1.54, 1.807) is 37.5 Å². The molecule has 2 heterocycles. The Kier molecular flexibility index (Phi) is 6.41. The second kappa shape index (κ2) is 9.17. The Labute approximate surface area is 172 Å². The number of rotatable bonds is 7. The predicted molar refractivity (Wildman–Crippen MR) is 109 cm³/mol. The van der Waals surface area contributed by atoms with Crippen LogP contribution in [0.15, 0.2) is 47.7 Å². The summed E-state index contributed by atoms with van der Waals surface area (Å²) in [7, 11) is 1.39. The molecule has 0 aliphatic heterocycles. The minimum Gasteiger partial charge on any atom is -0.355 e. The van der Waals surface area contributed by atoms with Crippen LogP contribution in [0.1, 0.15) is 37.4 Å². The van der Waals surface area contributed by atoms with Gasteiger partial charge >= 0.3 is 0 Å². The van der Waals surface area contributed by atoms with Gasteiger partial charge in [0.1, 0.15) is 11.4 Å². The molecule has 0 spiro atoms. The van der Waals surface area contributed by atoms with E-state index in [0.29, 0.717) is 18.5 Å². The number of amides is 2. The lowest BCUT2D eigenvalue weighted by atomic mass is 10.1. The van der Waals surface area contributed by atoms with Crippen molar-refractivity contribution in [3.8, 4) is 0 Å². The molecule has 0 radical (unpaired) electrons. The Morgan fingerprint density at radius 3 is 2.77 bits per heavy atom. The van der Waals surface area contributed by atoms with E-state index in [-0.39, 0.29) is 23.2 Å². The highest BCUT2D eigenvalue weighted by Crippen LogP contribution is 2.13. The van der Waals surface area contributed by atoms with E-state index < -0.39 is 23.2 Å². The average Bonchev–Trinajstić information content (AvgIpc) is 3.25. The third-order valence-electron chi connectivity index (χ3n) is 4.69. The highest BCUT2D eigenvalue weighted by molar-refractivity contribution is 5.99. The van der Waals surface area contributed by atoms with Crippen molar-refractivity contribution in [2.45, 2.75) is 19.9 Å². The molecule has 8 nitrogen and oxygen atoms in total. The molecule has 3 rings (SSSR count). The Morgan fingerprint density at radius 1 is 1.27 bits per heavy atom. The lowest BCUT2D eigenvalue weighted by molar-refractivity contribution is 0.0953. The van der Waals surface area contributed by atoms with Crippen molar-refractivity contribution < 1.29 is 14.0 Å². The fourth-order valence-corrected chi connectivity index (χ4v) is 3.03. The minimum atomic E-state index is -0.619. The number of carbonyl (C=O) groups is 2. The molecule has 3 aromatic rings. The van der Waals surface area contributed by atoms with Gasteiger partial charge in [-0.15, -0.1) is 0 Å². The Balaban J connectivity index is 1.90. The van der Waals surface area contributed by atoms with E-state index in [1.165, 1.54) is 23.9 Å². The molecule has 1 aromatic carbocycles. The molecule has 0 bridgehead atoms. The molecular weight excluding hydrogens is 389 g/mol. The topological polar surface area (TPSA) is 109 Å². The number of nitrogens with zero attached hydrogens (tertiary/aromatic N) is 2. The number of nitrogens with one attached hydrogen (secondary N) is 3. The number of hydrogen-bond acceptors (Lipinski definition) is 4. The molecule has 2 aromatic heterocycles. The van der Waals surface area contributed by atoms with E-state index in [4.69, 9.17) is 0 Å². The minimum absolute atomic E-state index is 0.105. The van der Waals surface area contributed by atoms with E-state index >= 15 is 0 Å². The summed E-state index contributed by atoms with van der Waals surface area (Å²) >= 11 is 0. The lowest BCUT2D eigenvalue weighted by Crippen LogP contribution is -2.34. The maximum absolute atomic E-state index is 14.4. The first-order valence-corrected chi connectivity index (χ1v) is 9.37. The van der Waals surface area contributed by atoms with Crippen LogP contribution in [0.3, 0.4) is 0 Å². The largest absolute Gasteiger partial charge is 0.355 e. The Morgan fingerprint density at radius 2 is 2.07 bits per heavy atom. The van der Waals surface area contributed by atoms with Crippen LogP contribution >= 0.6 is 0 Å². The lowest BCUT2D eigenvalue weighted by Gasteiger charge is -2.13. The first kappa shape index (κ1) is 21.0. The van der Waals surface area contributed by atoms with Crippen LogP contribution in [0.2, 0.25) is 0 Å². The van der Waals surface area contributed by atoms with E-state index in [1.807, 2.05) is 0 Å². The third-order valence-corrected chi connectivity index (χ3v) is 4.69. The van der Waals surface area contributed by atoms with Gasteiger partial charge in [0.2, 0.25) is 0 Å². The van der Waals surface area contributed by atoms with Gasteiger partial charge in [-0.3, -0.25) is 19.5 Å². The number of halogens is 1. The van der Waals surface area contributed by atoms with Gasteiger partial charge in [0.05, 0.1) is 18.3 Å². The van der Waals surface area contributed by atoms with Crippen molar-refractivity contribution in [3.05, 3.63) is 86.8 Å². The zero-order chi connectivity index (χ0) is 21.7. The summed E-state index contributed by atoms with van der Waals surface area (Å²) < 4.78 is 15.6. The van der Waals surface area contributed by atoms with Crippen LogP contribution in [0, 0.1) is 12.7 Å². The number of aryl methyl sites for hydroxylation is 1. The normalized spacial score (nSPS) is 10.6. The number of pyridine rings is 1. The fourth-order valence-electron chi connectivity index (χ4n) is 3.03. The molecule has 30 heavy (non-hydrogen) atoms. The van der Waals surface area contributed by atoms with Gasteiger partial charge in [0, 0.05) is 31.5 Å². The van der Waals surface area contributed by atoms with Gasteiger partial charge in [0.25, 0.3) is 17.4 Å². The number of benzene rings is 1. The van der Waals surface area contributed by atoms with Crippen molar-refractivity contribution in [2.75, 3.05) is 13.6 Å². The highest BCUT2D eigenvalue weighted by Gasteiger charge is 2.18. The average molecular weight is 411 g/mol. The van der Waals surface area contributed by atoms with Gasteiger partial charge in [-0.25, -0.2) is 4.39 Å². The van der Waals surface area contributed by atoms with Crippen LogP contribution in [-0.2, 0) is 13.0 Å². The van der Waals surface area contributed by atoms with Gasteiger partial charge in [-0.2, -0.15) is 5.10 Å². The van der Waals surface area contributed by atoms with Crippen molar-refractivity contribution in [1.29, 1.82) is 0 Å². The van der Waals surface area contributed by atoms with E-state index in [9.17, 15) is 18.8 Å². The summed E-state index contributed by atoms with van der Waals surface area (Å²) in [4.78, 5) is 37.5. The zero-order valence-corrected chi connectivity index (χ0v) is 16.7. The zero-order valence-electron chi connectivity index (χ0n) is 16.7. The second-order valence-electron chi connectivity index (χ2n) is 6.82. The highest BCUT2D eigenvalue weighted by atomic mass is 19.1. The molecular formula is C21H22FN5O3. The summed E-state index contributed by atoms with van der Waals surface area (Å²) in [5.74, 6) is -1.49. The molecule has 2 amide bonds. The van der Waals surface area contributed by atoms with Crippen molar-refractivity contribution >= 4 is 11.8 Å². The SMILES string of the molecule is CNC(=O)c1cc(C(=O)NCCc2cn[nH]c2)cn(Cc2cccc(C)c2F)c1=O. The first-order chi connectivity index (χ1) is 14.4. The molecule has 0 aliphatic carbocycles. The van der Waals surface area contributed by atoms with Crippen molar-refractivity contribution in [1.82, 2.24) is 25.4 Å². The van der Waals surface area contributed by atoms with Crippen molar-refractivity contribution in [2.24, 2.45) is 0 Å². The number of aromatic nitrogens is 3. The molecule has 0 saturated carbocycles. The molecule has 9 heteroatoms. The summed E-state index contributed by atoms with van der Waals surface area (Å²) in [6, 6.07) is 6.12.